The summed E-state index contributed by atoms with van der Waals surface area (Å²) in [4.78, 5) is 7.89. The summed E-state index contributed by atoms with van der Waals surface area (Å²) in [5.41, 5.74) is 16.2. The maximum atomic E-state index is 11.5. The molecule has 0 amide bonds. The molecule has 0 aliphatic rings. The maximum absolute atomic E-state index is 11.5. The van der Waals surface area contributed by atoms with Crippen molar-refractivity contribution < 1.29 is 8.42 Å². The van der Waals surface area contributed by atoms with Gasteiger partial charge in [0.1, 0.15) is 0 Å². The lowest BCUT2D eigenvalue weighted by Crippen LogP contribution is -2.24. The van der Waals surface area contributed by atoms with Crippen LogP contribution < -0.4 is 21.3 Å². The predicted octanol–water partition coefficient (Wildman–Crippen LogP) is -0.558. The molecule has 0 saturated heterocycles. The number of aliphatic imine (C=N–C) groups is 1. The number of nitrogens with zero attached hydrogens (tertiary/aromatic N) is 2. The lowest BCUT2D eigenvalue weighted by molar-refractivity contribution is 0.594. The predicted molar refractivity (Wildman–Crippen MR) is 82.3 cm³/mol. The van der Waals surface area contributed by atoms with Crippen LogP contribution in [-0.4, -0.2) is 30.9 Å². The molecular weight excluding hydrogens is 322 g/mol. The van der Waals surface area contributed by atoms with Crippen molar-refractivity contribution in [2.24, 2.45) is 22.2 Å². The lowest BCUT2D eigenvalue weighted by Gasteiger charge is -2.04. The van der Waals surface area contributed by atoms with Gasteiger partial charge >= 0.3 is 0 Å². The third-order valence-corrected chi connectivity index (χ3v) is 5.26. The molecule has 20 heavy (non-hydrogen) atoms. The Bertz CT molecular complexity index is 591. The molecule has 0 bridgehead atoms. The minimum absolute atomic E-state index is 0.00122. The van der Waals surface area contributed by atoms with E-state index in [0.717, 1.165) is 11.9 Å². The minimum Gasteiger partial charge on any atom is -0.388 e. The zero-order valence-electron chi connectivity index (χ0n) is 10.4. The molecule has 12 heteroatoms. The summed E-state index contributed by atoms with van der Waals surface area (Å²) in [6.07, 6.45) is 0.00122. The Balaban J connectivity index is 2.42. The van der Waals surface area contributed by atoms with Gasteiger partial charge in [-0.2, -0.15) is 9.12 Å². The second-order valence-corrected chi connectivity index (χ2v) is 7.34. The van der Waals surface area contributed by atoms with Crippen molar-refractivity contribution in [3.63, 3.8) is 0 Å². The molecule has 1 heterocycles. The molecule has 0 spiro atoms. The zero-order chi connectivity index (χ0) is 15.2. The first-order valence-corrected chi connectivity index (χ1v) is 8.78. The monoisotopic (exact) mass is 337 g/mol. The van der Waals surface area contributed by atoms with E-state index in [1.807, 2.05) is 0 Å². The number of amidine groups is 1. The fourth-order valence-corrected chi connectivity index (χ4v) is 3.89. The van der Waals surface area contributed by atoms with Gasteiger partial charge in [0.15, 0.2) is 5.96 Å². The maximum Gasteiger partial charge on any atom is 0.221 e. The van der Waals surface area contributed by atoms with Crippen LogP contribution in [0.25, 0.3) is 0 Å². The SMILES string of the molecule is N=C(N)CCS(=O)(=O)NSCc1csc(N=C(N)N)n1. The van der Waals surface area contributed by atoms with Gasteiger partial charge in [0.2, 0.25) is 15.2 Å². The average molecular weight is 337 g/mol. The van der Waals surface area contributed by atoms with Gasteiger partial charge in [0.05, 0.1) is 23.0 Å². The van der Waals surface area contributed by atoms with Crippen LogP contribution in [0, 0.1) is 5.41 Å². The molecule has 8 N–H and O–H groups in total. The molecule has 0 radical (unpaired) electrons. The normalized spacial score (nSPS) is 11.2. The number of guanidine groups is 1. The largest absolute Gasteiger partial charge is 0.388 e. The second-order valence-electron chi connectivity index (χ2n) is 3.62. The highest BCUT2D eigenvalue weighted by molar-refractivity contribution is 8.08. The third-order valence-electron chi connectivity index (χ3n) is 1.81. The van der Waals surface area contributed by atoms with E-state index in [1.165, 1.54) is 11.3 Å². The molecule has 0 aliphatic heterocycles. The van der Waals surface area contributed by atoms with Crippen LogP contribution in [0.4, 0.5) is 5.13 Å². The number of hydrogen-bond acceptors (Lipinski definition) is 7. The Labute approximate surface area is 124 Å². The van der Waals surface area contributed by atoms with E-state index in [1.54, 1.807) is 5.38 Å². The highest BCUT2D eigenvalue weighted by Gasteiger charge is 2.11. The molecule has 1 rings (SSSR count). The van der Waals surface area contributed by atoms with E-state index in [9.17, 15) is 8.42 Å². The zero-order valence-corrected chi connectivity index (χ0v) is 12.8. The van der Waals surface area contributed by atoms with Crippen LogP contribution in [0.3, 0.4) is 0 Å². The molecular formula is C8H15N7O2S3. The number of sulfonamides is 1. The van der Waals surface area contributed by atoms with Crippen molar-refractivity contribution >= 4 is 50.2 Å². The molecule has 112 valence electrons. The summed E-state index contributed by atoms with van der Waals surface area (Å²) < 4.78 is 25.4. The van der Waals surface area contributed by atoms with Gasteiger partial charge in [0, 0.05) is 11.8 Å². The van der Waals surface area contributed by atoms with E-state index in [4.69, 9.17) is 22.6 Å². The summed E-state index contributed by atoms with van der Waals surface area (Å²) in [5.74, 6) is -0.119. The molecule has 0 aromatic carbocycles. The van der Waals surface area contributed by atoms with Gasteiger partial charge < -0.3 is 17.2 Å². The van der Waals surface area contributed by atoms with E-state index in [-0.39, 0.29) is 24.0 Å². The van der Waals surface area contributed by atoms with Crippen LogP contribution >= 0.6 is 23.3 Å². The van der Waals surface area contributed by atoms with Crippen molar-refractivity contribution in [2.75, 3.05) is 5.75 Å². The van der Waals surface area contributed by atoms with Gasteiger partial charge in [-0.3, -0.25) is 5.41 Å². The van der Waals surface area contributed by atoms with Crippen LogP contribution in [0.15, 0.2) is 10.4 Å². The number of aromatic nitrogens is 1. The second kappa shape index (κ2) is 7.42. The molecule has 0 unspecified atom stereocenters. The summed E-state index contributed by atoms with van der Waals surface area (Å²) in [7, 11) is -3.46. The van der Waals surface area contributed by atoms with Gasteiger partial charge in [0.25, 0.3) is 0 Å². The minimum atomic E-state index is -3.46. The molecule has 9 nitrogen and oxygen atoms in total. The Hall–Kier alpha value is -1.37. The average Bonchev–Trinajstić information content (AvgIpc) is 2.73. The quantitative estimate of drug-likeness (QED) is 0.240. The van der Waals surface area contributed by atoms with Gasteiger partial charge in [-0.15, -0.1) is 11.3 Å². The van der Waals surface area contributed by atoms with Crippen molar-refractivity contribution in [1.29, 1.82) is 5.41 Å². The standard InChI is InChI=1S/C8H15N7O2S3/c9-6(10)1-2-20(16,17)15-19-4-5-3-18-8(13-5)14-7(11)12/h3,15H,1-2,4H2,(H3,9,10)(H4,11,12,13,14). The smallest absolute Gasteiger partial charge is 0.221 e. The number of rotatable bonds is 8. The van der Waals surface area contributed by atoms with Crippen molar-refractivity contribution in [1.82, 2.24) is 9.11 Å². The first-order chi connectivity index (χ1) is 9.28. The molecule has 0 fully saturated rings. The number of hydrogen-bond donors (Lipinski definition) is 5. The summed E-state index contributed by atoms with van der Waals surface area (Å²) >= 11 is 2.24. The summed E-state index contributed by atoms with van der Waals surface area (Å²) in [5, 5.41) is 9.13. The van der Waals surface area contributed by atoms with E-state index < -0.39 is 10.0 Å². The van der Waals surface area contributed by atoms with Crippen molar-refractivity contribution in [2.45, 2.75) is 12.2 Å². The number of nitrogens with two attached hydrogens (primary N) is 3. The molecule has 1 aromatic rings. The van der Waals surface area contributed by atoms with Crippen LogP contribution in [0.5, 0.6) is 0 Å². The third kappa shape index (κ3) is 6.70. The highest BCUT2D eigenvalue weighted by atomic mass is 32.3. The molecule has 0 atom stereocenters. The van der Waals surface area contributed by atoms with Crippen LogP contribution in [0.1, 0.15) is 12.1 Å². The van der Waals surface area contributed by atoms with Crippen molar-refractivity contribution in [3.8, 4) is 0 Å². The molecule has 0 aliphatic carbocycles. The van der Waals surface area contributed by atoms with Gasteiger partial charge in [-0.25, -0.2) is 13.4 Å². The first kappa shape index (κ1) is 16.7. The van der Waals surface area contributed by atoms with E-state index >= 15 is 0 Å². The Morgan fingerprint density at radius 1 is 1.50 bits per heavy atom. The molecule has 1 aromatic heterocycles. The molecule has 0 saturated carbocycles. The van der Waals surface area contributed by atoms with E-state index in [2.05, 4.69) is 14.1 Å². The first-order valence-electron chi connectivity index (χ1n) is 5.26. The summed E-state index contributed by atoms with van der Waals surface area (Å²) in [6, 6.07) is 0. The number of nitrogens with one attached hydrogen (secondary N) is 2. The summed E-state index contributed by atoms with van der Waals surface area (Å²) in [6.45, 7) is 0. The topological polar surface area (TPSA) is 173 Å². The van der Waals surface area contributed by atoms with Gasteiger partial charge in [-0.1, -0.05) is 11.9 Å². The Morgan fingerprint density at radius 3 is 2.80 bits per heavy atom. The van der Waals surface area contributed by atoms with Gasteiger partial charge in [-0.05, 0) is 0 Å². The number of thiazole rings is 1. The lowest BCUT2D eigenvalue weighted by atomic mass is 10.5. The van der Waals surface area contributed by atoms with Crippen molar-refractivity contribution in [3.05, 3.63) is 11.1 Å². The highest BCUT2D eigenvalue weighted by Crippen LogP contribution is 2.21. The Kier molecular flexibility index (Phi) is 6.19. The fourth-order valence-electron chi connectivity index (χ4n) is 1.00. The fraction of sp³-hybridized carbons (Fsp3) is 0.375. The van der Waals surface area contributed by atoms with Crippen LogP contribution in [0.2, 0.25) is 0 Å². The Morgan fingerprint density at radius 2 is 2.20 bits per heavy atom. The van der Waals surface area contributed by atoms with Crippen LogP contribution in [-0.2, 0) is 15.8 Å². The van der Waals surface area contributed by atoms with E-state index in [0.29, 0.717) is 16.6 Å².